The minimum Gasteiger partial charge on any atom is -0.492 e. The van der Waals surface area contributed by atoms with Crippen LogP contribution < -0.4 is 0 Å². The van der Waals surface area contributed by atoms with Crippen LogP contribution in [0.3, 0.4) is 0 Å². The Morgan fingerprint density at radius 2 is 1.94 bits per heavy atom. The predicted octanol–water partition coefficient (Wildman–Crippen LogP) is 2.10. The maximum Gasteiger partial charge on any atom is 0.228 e. The van der Waals surface area contributed by atoms with Gasteiger partial charge in [0.2, 0.25) is 5.88 Å². The normalized spacial score (nSPS) is 10.8. The summed E-state index contributed by atoms with van der Waals surface area (Å²) in [7, 11) is 0. The largest absolute Gasteiger partial charge is 0.492 e. The average molecular weight is 211 g/mol. The van der Waals surface area contributed by atoms with Gasteiger partial charge in [-0.3, -0.25) is 4.40 Å². The van der Waals surface area contributed by atoms with E-state index in [9.17, 15) is 5.11 Å². The monoisotopic (exact) mass is 211 g/mol. The average Bonchev–Trinajstić information content (AvgIpc) is 2.77. The summed E-state index contributed by atoms with van der Waals surface area (Å²) in [4.78, 5) is 8.34. The molecular formula is C12H9N3O. The third-order valence-corrected chi connectivity index (χ3v) is 2.41. The molecule has 0 bridgehead atoms. The molecule has 1 N–H and O–H groups in total. The number of nitrogens with zero attached hydrogens (tertiary/aromatic N) is 3. The standard InChI is InChI=1S/C12H9N3O/c16-10-8-15-7-6-13-12(15)11(14-10)9-4-2-1-3-5-9/h1-8,16H. The molecule has 4 nitrogen and oxygen atoms in total. The van der Waals surface area contributed by atoms with Crippen molar-refractivity contribution in [2.45, 2.75) is 0 Å². The first-order valence-electron chi connectivity index (χ1n) is 4.93. The lowest BCUT2D eigenvalue weighted by molar-refractivity contribution is 0.450. The minimum atomic E-state index is -0.00986. The molecule has 3 aromatic rings. The molecule has 2 heterocycles. The quantitative estimate of drug-likeness (QED) is 0.670. The van der Waals surface area contributed by atoms with E-state index in [2.05, 4.69) is 9.97 Å². The van der Waals surface area contributed by atoms with Gasteiger partial charge in [-0.1, -0.05) is 30.3 Å². The molecule has 3 rings (SSSR count). The molecule has 2 aromatic heterocycles. The number of aromatic hydroxyl groups is 1. The molecular weight excluding hydrogens is 202 g/mol. The Kier molecular flexibility index (Phi) is 1.86. The van der Waals surface area contributed by atoms with Crippen molar-refractivity contribution in [3.63, 3.8) is 0 Å². The summed E-state index contributed by atoms with van der Waals surface area (Å²) in [6, 6.07) is 9.68. The lowest BCUT2D eigenvalue weighted by atomic mass is 10.1. The van der Waals surface area contributed by atoms with Gasteiger partial charge >= 0.3 is 0 Å². The Morgan fingerprint density at radius 1 is 1.12 bits per heavy atom. The fourth-order valence-electron chi connectivity index (χ4n) is 1.71. The molecule has 4 heteroatoms. The Morgan fingerprint density at radius 3 is 2.75 bits per heavy atom. The smallest absolute Gasteiger partial charge is 0.228 e. The molecule has 0 atom stereocenters. The highest BCUT2D eigenvalue weighted by Gasteiger charge is 2.08. The predicted molar refractivity (Wildman–Crippen MR) is 60.1 cm³/mol. The second kappa shape index (κ2) is 3.34. The van der Waals surface area contributed by atoms with Crippen molar-refractivity contribution in [1.29, 1.82) is 0 Å². The van der Waals surface area contributed by atoms with Gasteiger partial charge in [-0.05, 0) is 0 Å². The van der Waals surface area contributed by atoms with Gasteiger partial charge in [0.15, 0.2) is 5.65 Å². The van der Waals surface area contributed by atoms with Crippen molar-refractivity contribution in [2.75, 3.05) is 0 Å². The summed E-state index contributed by atoms with van der Waals surface area (Å²) in [5, 5.41) is 9.53. The van der Waals surface area contributed by atoms with Crippen molar-refractivity contribution in [3.8, 4) is 17.1 Å². The molecule has 0 amide bonds. The third kappa shape index (κ3) is 1.32. The number of benzene rings is 1. The van der Waals surface area contributed by atoms with Crippen LogP contribution in [0.4, 0.5) is 0 Å². The fourth-order valence-corrected chi connectivity index (χ4v) is 1.71. The Hall–Kier alpha value is -2.36. The molecule has 0 spiro atoms. The topological polar surface area (TPSA) is 50.4 Å². The van der Waals surface area contributed by atoms with Crippen LogP contribution >= 0.6 is 0 Å². The van der Waals surface area contributed by atoms with Crippen molar-refractivity contribution < 1.29 is 5.11 Å². The van der Waals surface area contributed by atoms with Crippen LogP contribution in [-0.2, 0) is 0 Å². The molecule has 1 aromatic carbocycles. The first kappa shape index (κ1) is 8.91. The Bertz CT molecular complexity index is 631. The fraction of sp³-hybridized carbons (Fsp3) is 0. The van der Waals surface area contributed by atoms with E-state index in [4.69, 9.17) is 0 Å². The number of hydrogen-bond donors (Lipinski definition) is 1. The zero-order valence-electron chi connectivity index (χ0n) is 8.41. The molecule has 78 valence electrons. The minimum absolute atomic E-state index is 0.00986. The maximum atomic E-state index is 9.53. The molecule has 16 heavy (non-hydrogen) atoms. The summed E-state index contributed by atoms with van der Waals surface area (Å²) in [6.45, 7) is 0. The highest BCUT2D eigenvalue weighted by Crippen LogP contribution is 2.23. The molecule has 0 radical (unpaired) electrons. The van der Waals surface area contributed by atoms with Crippen molar-refractivity contribution in [1.82, 2.24) is 14.4 Å². The zero-order valence-corrected chi connectivity index (χ0v) is 8.41. The summed E-state index contributed by atoms with van der Waals surface area (Å²) in [5.74, 6) is -0.00986. The Labute approximate surface area is 91.8 Å². The van der Waals surface area contributed by atoms with Crippen LogP contribution in [0.15, 0.2) is 48.9 Å². The number of hydrogen-bond acceptors (Lipinski definition) is 3. The summed E-state index contributed by atoms with van der Waals surface area (Å²) < 4.78 is 1.75. The number of rotatable bonds is 1. The maximum absolute atomic E-state index is 9.53. The van der Waals surface area contributed by atoms with Gasteiger partial charge in [0.1, 0.15) is 5.69 Å². The second-order valence-electron chi connectivity index (χ2n) is 3.47. The Balaban J connectivity index is 2.34. The van der Waals surface area contributed by atoms with Crippen molar-refractivity contribution in [3.05, 3.63) is 48.9 Å². The summed E-state index contributed by atoms with van der Waals surface area (Å²) in [6.07, 6.45) is 5.00. The highest BCUT2D eigenvalue weighted by molar-refractivity contribution is 5.73. The summed E-state index contributed by atoms with van der Waals surface area (Å²) in [5.41, 5.74) is 2.37. The van der Waals surface area contributed by atoms with Crippen LogP contribution in [0, 0.1) is 0 Å². The van der Waals surface area contributed by atoms with E-state index in [1.807, 2.05) is 30.3 Å². The molecule has 0 aliphatic rings. The van der Waals surface area contributed by atoms with Gasteiger partial charge in [-0.25, -0.2) is 9.97 Å². The van der Waals surface area contributed by atoms with Gasteiger partial charge < -0.3 is 5.11 Å². The number of aromatic nitrogens is 3. The van der Waals surface area contributed by atoms with E-state index in [0.29, 0.717) is 5.69 Å². The van der Waals surface area contributed by atoms with Crippen molar-refractivity contribution >= 4 is 5.65 Å². The molecule has 0 saturated carbocycles. The highest BCUT2D eigenvalue weighted by atomic mass is 16.3. The molecule has 0 saturated heterocycles. The number of fused-ring (bicyclic) bond motifs is 1. The molecule has 0 aliphatic carbocycles. The van der Waals surface area contributed by atoms with E-state index < -0.39 is 0 Å². The van der Waals surface area contributed by atoms with E-state index in [0.717, 1.165) is 11.2 Å². The molecule has 0 aliphatic heterocycles. The first-order valence-corrected chi connectivity index (χ1v) is 4.93. The first-order chi connectivity index (χ1) is 7.84. The van der Waals surface area contributed by atoms with Crippen LogP contribution in [0.5, 0.6) is 5.88 Å². The van der Waals surface area contributed by atoms with Gasteiger partial charge in [-0.15, -0.1) is 0 Å². The van der Waals surface area contributed by atoms with E-state index in [1.165, 1.54) is 6.20 Å². The van der Waals surface area contributed by atoms with E-state index >= 15 is 0 Å². The molecule has 0 fully saturated rings. The lowest BCUT2D eigenvalue weighted by Crippen LogP contribution is -1.92. The van der Waals surface area contributed by atoms with Gasteiger partial charge in [-0.2, -0.15) is 0 Å². The van der Waals surface area contributed by atoms with Crippen molar-refractivity contribution in [2.24, 2.45) is 0 Å². The third-order valence-electron chi connectivity index (χ3n) is 2.41. The number of imidazole rings is 1. The van der Waals surface area contributed by atoms with E-state index in [1.54, 1.807) is 16.8 Å². The lowest BCUT2D eigenvalue weighted by Gasteiger charge is -2.03. The van der Waals surface area contributed by atoms with Crippen LogP contribution in [0.1, 0.15) is 0 Å². The van der Waals surface area contributed by atoms with Crippen LogP contribution in [0.2, 0.25) is 0 Å². The van der Waals surface area contributed by atoms with Crippen LogP contribution in [0.25, 0.3) is 16.9 Å². The summed E-state index contributed by atoms with van der Waals surface area (Å²) >= 11 is 0. The zero-order chi connectivity index (χ0) is 11.0. The molecule has 0 unspecified atom stereocenters. The van der Waals surface area contributed by atoms with Gasteiger partial charge in [0.25, 0.3) is 0 Å². The van der Waals surface area contributed by atoms with Gasteiger partial charge in [0.05, 0.1) is 6.20 Å². The second-order valence-corrected chi connectivity index (χ2v) is 3.47. The SMILES string of the molecule is Oc1cn2ccnc2c(-c2ccccc2)n1. The van der Waals surface area contributed by atoms with Crippen LogP contribution in [-0.4, -0.2) is 19.5 Å². The van der Waals surface area contributed by atoms with E-state index in [-0.39, 0.29) is 5.88 Å². The van der Waals surface area contributed by atoms with Gasteiger partial charge in [0, 0.05) is 18.0 Å².